The molecular formula is C17H21NO5. The Labute approximate surface area is 135 Å². The van der Waals surface area contributed by atoms with E-state index in [1.807, 2.05) is 44.2 Å². The Morgan fingerprint density at radius 2 is 2.00 bits per heavy atom. The SMILES string of the molecule is CC(C)[C@H](NC(=O)Cc1ccccc1)C(=O)O[C@@H]1CCOC1=O. The van der Waals surface area contributed by atoms with Gasteiger partial charge in [0, 0.05) is 6.42 Å². The van der Waals surface area contributed by atoms with Gasteiger partial charge in [0.05, 0.1) is 13.0 Å². The second kappa shape index (κ2) is 7.76. The smallest absolute Gasteiger partial charge is 0.347 e. The lowest BCUT2D eigenvalue weighted by Crippen LogP contribution is -2.47. The van der Waals surface area contributed by atoms with Gasteiger partial charge in [-0.3, -0.25) is 4.79 Å². The first-order valence-electron chi connectivity index (χ1n) is 7.68. The predicted molar refractivity (Wildman–Crippen MR) is 82.4 cm³/mol. The molecule has 6 heteroatoms. The summed E-state index contributed by atoms with van der Waals surface area (Å²) in [5.74, 6) is -1.55. The summed E-state index contributed by atoms with van der Waals surface area (Å²) in [7, 11) is 0. The van der Waals surface area contributed by atoms with Crippen LogP contribution in [0.2, 0.25) is 0 Å². The molecule has 1 amide bonds. The van der Waals surface area contributed by atoms with Gasteiger partial charge < -0.3 is 14.8 Å². The minimum absolute atomic E-state index is 0.153. The van der Waals surface area contributed by atoms with E-state index in [1.165, 1.54) is 0 Å². The van der Waals surface area contributed by atoms with E-state index in [2.05, 4.69) is 5.32 Å². The third kappa shape index (κ3) is 4.81. The largest absolute Gasteiger partial charge is 0.463 e. The highest BCUT2D eigenvalue weighted by Crippen LogP contribution is 2.13. The van der Waals surface area contributed by atoms with Crippen molar-refractivity contribution in [1.82, 2.24) is 5.32 Å². The average molecular weight is 319 g/mol. The molecule has 1 aliphatic rings. The zero-order chi connectivity index (χ0) is 16.8. The second-order valence-corrected chi connectivity index (χ2v) is 5.83. The first-order chi connectivity index (χ1) is 11.0. The molecule has 1 N–H and O–H groups in total. The lowest BCUT2D eigenvalue weighted by atomic mass is 10.0. The van der Waals surface area contributed by atoms with Gasteiger partial charge in [-0.1, -0.05) is 44.2 Å². The van der Waals surface area contributed by atoms with E-state index in [0.717, 1.165) is 5.56 Å². The molecule has 0 spiro atoms. The molecule has 1 saturated heterocycles. The van der Waals surface area contributed by atoms with E-state index >= 15 is 0 Å². The summed E-state index contributed by atoms with van der Waals surface area (Å²) < 4.78 is 9.93. The monoisotopic (exact) mass is 319 g/mol. The Morgan fingerprint density at radius 3 is 2.57 bits per heavy atom. The van der Waals surface area contributed by atoms with E-state index in [-0.39, 0.29) is 24.9 Å². The molecule has 1 aliphatic heterocycles. The fourth-order valence-corrected chi connectivity index (χ4v) is 2.30. The Kier molecular flexibility index (Phi) is 5.73. The van der Waals surface area contributed by atoms with Crippen LogP contribution in [0.1, 0.15) is 25.8 Å². The van der Waals surface area contributed by atoms with Gasteiger partial charge in [-0.25, -0.2) is 9.59 Å². The molecule has 2 atom stereocenters. The zero-order valence-corrected chi connectivity index (χ0v) is 13.3. The number of esters is 2. The first kappa shape index (κ1) is 17.0. The lowest BCUT2D eigenvalue weighted by Gasteiger charge is -2.22. The van der Waals surface area contributed by atoms with Crippen LogP contribution in [0.5, 0.6) is 0 Å². The van der Waals surface area contributed by atoms with Gasteiger partial charge in [-0.2, -0.15) is 0 Å². The van der Waals surface area contributed by atoms with Crippen molar-refractivity contribution in [3.63, 3.8) is 0 Å². The van der Waals surface area contributed by atoms with E-state index in [1.54, 1.807) is 0 Å². The van der Waals surface area contributed by atoms with Crippen LogP contribution in [-0.4, -0.2) is 36.6 Å². The molecule has 2 rings (SSSR count). The minimum Gasteiger partial charge on any atom is -0.463 e. The third-order valence-electron chi connectivity index (χ3n) is 3.59. The van der Waals surface area contributed by atoms with Crippen LogP contribution in [-0.2, 0) is 30.3 Å². The molecule has 1 heterocycles. The molecule has 6 nitrogen and oxygen atoms in total. The fourth-order valence-electron chi connectivity index (χ4n) is 2.30. The average Bonchev–Trinajstić information content (AvgIpc) is 2.90. The molecular weight excluding hydrogens is 298 g/mol. The van der Waals surface area contributed by atoms with Crippen LogP contribution in [0.4, 0.5) is 0 Å². The summed E-state index contributed by atoms with van der Waals surface area (Å²) in [6.45, 7) is 3.87. The standard InChI is InChI=1S/C17H21NO5/c1-11(2)15(17(21)23-13-8-9-22-16(13)20)18-14(19)10-12-6-4-3-5-7-12/h3-7,11,13,15H,8-10H2,1-2H3,(H,18,19)/t13-,15+/m1/s1. The van der Waals surface area contributed by atoms with Gasteiger partial charge in [0.25, 0.3) is 0 Å². The number of hydrogen-bond acceptors (Lipinski definition) is 5. The van der Waals surface area contributed by atoms with Crippen molar-refractivity contribution in [2.75, 3.05) is 6.61 Å². The number of carbonyl (C=O) groups excluding carboxylic acids is 3. The van der Waals surface area contributed by atoms with E-state index < -0.39 is 24.1 Å². The van der Waals surface area contributed by atoms with Crippen LogP contribution in [0.3, 0.4) is 0 Å². The van der Waals surface area contributed by atoms with Gasteiger partial charge in [-0.15, -0.1) is 0 Å². The lowest BCUT2D eigenvalue weighted by molar-refractivity contribution is -0.163. The number of cyclic esters (lactones) is 1. The highest BCUT2D eigenvalue weighted by molar-refractivity contribution is 5.87. The number of hydrogen-bond donors (Lipinski definition) is 1. The van der Waals surface area contributed by atoms with Gasteiger partial charge >= 0.3 is 11.9 Å². The maximum Gasteiger partial charge on any atom is 0.347 e. The molecule has 0 radical (unpaired) electrons. The summed E-state index contributed by atoms with van der Waals surface area (Å²) in [5.41, 5.74) is 0.861. The topological polar surface area (TPSA) is 81.7 Å². The number of nitrogens with one attached hydrogen (secondary N) is 1. The molecule has 1 fully saturated rings. The molecule has 0 saturated carbocycles. The Hall–Kier alpha value is -2.37. The van der Waals surface area contributed by atoms with Crippen LogP contribution < -0.4 is 5.32 Å². The van der Waals surface area contributed by atoms with Crippen LogP contribution in [0.15, 0.2) is 30.3 Å². The van der Waals surface area contributed by atoms with Gasteiger partial charge in [-0.05, 0) is 11.5 Å². The van der Waals surface area contributed by atoms with Crippen molar-refractivity contribution >= 4 is 17.8 Å². The third-order valence-corrected chi connectivity index (χ3v) is 3.59. The van der Waals surface area contributed by atoms with Gasteiger partial charge in [0.1, 0.15) is 6.04 Å². The summed E-state index contributed by atoms with van der Waals surface area (Å²) in [5, 5.41) is 2.69. The number of ether oxygens (including phenoxy) is 2. The summed E-state index contributed by atoms with van der Waals surface area (Å²) in [6, 6.07) is 8.47. The van der Waals surface area contributed by atoms with Crippen LogP contribution in [0, 0.1) is 5.92 Å². The van der Waals surface area contributed by atoms with Crippen molar-refractivity contribution in [3.05, 3.63) is 35.9 Å². The normalized spacial score (nSPS) is 18.4. The van der Waals surface area contributed by atoms with Crippen molar-refractivity contribution < 1.29 is 23.9 Å². The fraction of sp³-hybridized carbons (Fsp3) is 0.471. The highest BCUT2D eigenvalue weighted by Gasteiger charge is 2.34. The van der Waals surface area contributed by atoms with E-state index in [9.17, 15) is 14.4 Å². The maximum absolute atomic E-state index is 12.2. The number of amides is 1. The molecule has 1 aromatic carbocycles. The Balaban J connectivity index is 1.93. The van der Waals surface area contributed by atoms with Crippen molar-refractivity contribution in [2.45, 2.75) is 38.8 Å². The predicted octanol–water partition coefficient (Wildman–Crippen LogP) is 1.23. The molecule has 124 valence electrons. The van der Waals surface area contributed by atoms with Gasteiger partial charge in [0.15, 0.2) is 0 Å². The van der Waals surface area contributed by atoms with Gasteiger partial charge in [0.2, 0.25) is 12.0 Å². The van der Waals surface area contributed by atoms with E-state index in [0.29, 0.717) is 6.42 Å². The summed E-state index contributed by atoms with van der Waals surface area (Å²) in [4.78, 5) is 35.7. The first-order valence-corrected chi connectivity index (χ1v) is 7.68. The molecule has 0 aromatic heterocycles. The number of carbonyl (C=O) groups is 3. The summed E-state index contributed by atoms with van der Waals surface area (Å²) in [6.07, 6.45) is -0.328. The molecule has 0 bridgehead atoms. The Bertz CT molecular complexity index is 570. The molecule has 1 aromatic rings. The van der Waals surface area contributed by atoms with Crippen molar-refractivity contribution in [2.24, 2.45) is 5.92 Å². The number of benzene rings is 1. The zero-order valence-electron chi connectivity index (χ0n) is 13.3. The van der Waals surface area contributed by atoms with Crippen molar-refractivity contribution in [1.29, 1.82) is 0 Å². The second-order valence-electron chi connectivity index (χ2n) is 5.83. The Morgan fingerprint density at radius 1 is 1.30 bits per heavy atom. The maximum atomic E-state index is 12.2. The van der Waals surface area contributed by atoms with Crippen LogP contribution >= 0.6 is 0 Å². The highest BCUT2D eigenvalue weighted by atomic mass is 16.6. The minimum atomic E-state index is -0.866. The van der Waals surface area contributed by atoms with Crippen LogP contribution in [0.25, 0.3) is 0 Å². The quantitative estimate of drug-likeness (QED) is 0.798. The molecule has 23 heavy (non-hydrogen) atoms. The summed E-state index contributed by atoms with van der Waals surface area (Å²) >= 11 is 0. The number of rotatable bonds is 6. The molecule has 0 aliphatic carbocycles. The van der Waals surface area contributed by atoms with E-state index in [4.69, 9.17) is 9.47 Å². The molecule has 0 unspecified atom stereocenters. The van der Waals surface area contributed by atoms with Crippen molar-refractivity contribution in [3.8, 4) is 0 Å².